The first kappa shape index (κ1) is 17.2. The average Bonchev–Trinajstić information content (AvgIpc) is 2.95. The number of piperidine rings is 1. The Kier molecular flexibility index (Phi) is 4.83. The van der Waals surface area contributed by atoms with Gasteiger partial charge in [-0.1, -0.05) is 0 Å². The molecule has 1 aliphatic heterocycles. The Morgan fingerprint density at radius 2 is 2.00 bits per heavy atom. The summed E-state index contributed by atoms with van der Waals surface area (Å²) >= 11 is 0. The quantitative estimate of drug-likeness (QED) is 0.894. The zero-order valence-electron chi connectivity index (χ0n) is 12.0. The fourth-order valence-corrected chi connectivity index (χ4v) is 3.92. The lowest BCUT2D eigenvalue weighted by atomic mass is 9.92. The minimum atomic E-state index is -4.67. The Labute approximate surface area is 126 Å². The van der Waals surface area contributed by atoms with Crippen LogP contribution >= 0.6 is 0 Å². The highest BCUT2D eigenvalue weighted by molar-refractivity contribution is 7.89. The maximum absolute atomic E-state index is 12.5. The first-order chi connectivity index (χ1) is 10.2. The molecule has 0 aliphatic carbocycles. The molecule has 0 spiro atoms. The summed E-state index contributed by atoms with van der Waals surface area (Å²) in [6.45, 7) is 2.25. The van der Waals surface area contributed by atoms with Gasteiger partial charge in [-0.2, -0.15) is 22.6 Å². The van der Waals surface area contributed by atoms with Crippen molar-refractivity contribution in [3.05, 3.63) is 12.4 Å². The lowest BCUT2D eigenvalue weighted by Gasteiger charge is -2.33. The predicted octanol–water partition coefficient (Wildman–Crippen LogP) is 1.23. The van der Waals surface area contributed by atoms with Crippen molar-refractivity contribution in [3.8, 4) is 0 Å². The lowest BCUT2D eigenvalue weighted by Crippen LogP contribution is -2.45. The van der Waals surface area contributed by atoms with Gasteiger partial charge in [0.25, 0.3) is 0 Å². The average molecular weight is 341 g/mol. The highest BCUT2D eigenvalue weighted by Gasteiger charge is 2.45. The van der Waals surface area contributed by atoms with Crippen molar-refractivity contribution in [3.63, 3.8) is 0 Å². The van der Waals surface area contributed by atoms with Gasteiger partial charge < -0.3 is 5.11 Å². The summed E-state index contributed by atoms with van der Waals surface area (Å²) in [4.78, 5) is 0.0316. The second-order valence-electron chi connectivity index (χ2n) is 5.26. The van der Waals surface area contributed by atoms with Crippen LogP contribution in [0, 0.1) is 5.92 Å². The van der Waals surface area contributed by atoms with Crippen LogP contribution in [0.2, 0.25) is 0 Å². The molecule has 0 bridgehead atoms. The normalized spacial score (nSPS) is 20.2. The zero-order chi connectivity index (χ0) is 16.5. The third-order valence-corrected chi connectivity index (χ3v) is 5.70. The molecule has 126 valence electrons. The van der Waals surface area contributed by atoms with Crippen molar-refractivity contribution in [1.29, 1.82) is 0 Å². The lowest BCUT2D eigenvalue weighted by molar-refractivity contribution is -0.222. The highest BCUT2D eigenvalue weighted by atomic mass is 32.2. The number of sulfonamides is 1. The predicted molar refractivity (Wildman–Crippen MR) is 71.4 cm³/mol. The van der Waals surface area contributed by atoms with E-state index in [1.54, 1.807) is 0 Å². The van der Waals surface area contributed by atoms with E-state index in [0.29, 0.717) is 6.54 Å². The van der Waals surface area contributed by atoms with E-state index in [9.17, 15) is 26.7 Å². The van der Waals surface area contributed by atoms with Crippen molar-refractivity contribution in [2.75, 3.05) is 13.1 Å². The Morgan fingerprint density at radius 1 is 1.41 bits per heavy atom. The summed E-state index contributed by atoms with van der Waals surface area (Å²) in [6, 6.07) is 0. The number of rotatable bonds is 4. The third kappa shape index (κ3) is 3.44. The minimum absolute atomic E-state index is 0.0260. The summed E-state index contributed by atoms with van der Waals surface area (Å²) in [5.74, 6) is -0.968. The molecule has 0 amide bonds. The molecule has 1 N–H and O–H groups in total. The molecule has 1 atom stereocenters. The van der Waals surface area contributed by atoms with Gasteiger partial charge in [0.2, 0.25) is 10.0 Å². The standard InChI is InChI=1S/C12H18F3N3O3S/c1-2-17-8-10(7-16-17)22(20,21)18-5-3-9(4-6-18)11(19)12(13,14)15/h7-9,11,19H,2-6H2,1H3. The summed E-state index contributed by atoms with van der Waals surface area (Å²) in [6.07, 6.45) is -4.50. The summed E-state index contributed by atoms with van der Waals surface area (Å²) in [5, 5.41) is 13.1. The molecule has 1 fully saturated rings. The number of aliphatic hydroxyl groups excluding tert-OH is 1. The number of halogens is 3. The molecule has 2 heterocycles. The van der Waals surface area contributed by atoms with Crippen LogP contribution in [0.5, 0.6) is 0 Å². The largest absolute Gasteiger partial charge is 0.414 e. The topological polar surface area (TPSA) is 75.4 Å². The molecule has 1 aromatic heterocycles. The fraction of sp³-hybridized carbons (Fsp3) is 0.750. The van der Waals surface area contributed by atoms with Gasteiger partial charge in [0.05, 0.1) is 6.20 Å². The Bertz CT molecular complexity index is 607. The molecule has 1 unspecified atom stereocenters. The molecular formula is C12H18F3N3O3S. The van der Waals surface area contributed by atoms with E-state index in [4.69, 9.17) is 0 Å². The van der Waals surface area contributed by atoms with Gasteiger partial charge in [-0.3, -0.25) is 4.68 Å². The van der Waals surface area contributed by atoms with E-state index in [-0.39, 0.29) is 30.8 Å². The maximum Gasteiger partial charge on any atom is 0.414 e. The van der Waals surface area contributed by atoms with Crippen LogP contribution in [0.25, 0.3) is 0 Å². The minimum Gasteiger partial charge on any atom is -0.383 e. The van der Waals surface area contributed by atoms with Crippen LogP contribution in [0.4, 0.5) is 13.2 Å². The molecule has 1 saturated heterocycles. The number of aryl methyl sites for hydroxylation is 1. The van der Waals surface area contributed by atoms with Gasteiger partial charge in [-0.15, -0.1) is 0 Å². The van der Waals surface area contributed by atoms with Crippen molar-refractivity contribution in [2.45, 2.75) is 43.5 Å². The number of alkyl halides is 3. The molecule has 0 saturated carbocycles. The second-order valence-corrected chi connectivity index (χ2v) is 7.20. The number of hydrogen-bond donors (Lipinski definition) is 1. The smallest absolute Gasteiger partial charge is 0.383 e. The molecular weight excluding hydrogens is 323 g/mol. The van der Waals surface area contributed by atoms with Crippen molar-refractivity contribution in [2.24, 2.45) is 5.92 Å². The molecule has 6 nitrogen and oxygen atoms in total. The summed E-state index contributed by atoms with van der Waals surface area (Å²) in [5.41, 5.74) is 0. The number of aromatic nitrogens is 2. The van der Waals surface area contributed by atoms with Crippen molar-refractivity contribution in [1.82, 2.24) is 14.1 Å². The first-order valence-corrected chi connectivity index (χ1v) is 8.37. The van der Waals surface area contributed by atoms with Crippen LogP contribution in [-0.4, -0.2) is 53.0 Å². The van der Waals surface area contributed by atoms with Crippen LogP contribution in [0.1, 0.15) is 19.8 Å². The van der Waals surface area contributed by atoms with Crippen LogP contribution in [0.15, 0.2) is 17.3 Å². The van der Waals surface area contributed by atoms with Crippen molar-refractivity contribution >= 4 is 10.0 Å². The van der Waals surface area contributed by atoms with Gasteiger partial charge in [0, 0.05) is 25.8 Å². The van der Waals surface area contributed by atoms with E-state index in [1.165, 1.54) is 17.1 Å². The Hall–Kier alpha value is -1.13. The maximum atomic E-state index is 12.5. The van der Waals surface area contributed by atoms with Crippen molar-refractivity contribution < 1.29 is 26.7 Å². The number of nitrogens with zero attached hydrogens (tertiary/aromatic N) is 3. The fourth-order valence-electron chi connectivity index (χ4n) is 2.50. The van der Waals surface area contributed by atoms with Crippen LogP contribution in [-0.2, 0) is 16.6 Å². The molecule has 22 heavy (non-hydrogen) atoms. The zero-order valence-corrected chi connectivity index (χ0v) is 12.8. The van der Waals surface area contributed by atoms with E-state index >= 15 is 0 Å². The highest BCUT2D eigenvalue weighted by Crippen LogP contribution is 2.32. The Balaban J connectivity index is 2.04. The van der Waals surface area contributed by atoms with Gasteiger partial charge in [-0.05, 0) is 25.7 Å². The monoisotopic (exact) mass is 341 g/mol. The van der Waals surface area contributed by atoms with Gasteiger partial charge in [0.1, 0.15) is 4.90 Å². The first-order valence-electron chi connectivity index (χ1n) is 6.93. The molecule has 2 rings (SSSR count). The summed E-state index contributed by atoms with van der Waals surface area (Å²) in [7, 11) is -3.75. The SMILES string of the molecule is CCn1cc(S(=O)(=O)N2CCC(C(O)C(F)(F)F)CC2)cn1. The summed E-state index contributed by atoms with van der Waals surface area (Å²) < 4.78 is 64.8. The van der Waals surface area contributed by atoms with E-state index < -0.39 is 28.2 Å². The van der Waals surface area contributed by atoms with Gasteiger partial charge in [0.15, 0.2) is 6.10 Å². The molecule has 1 aromatic rings. The van der Waals surface area contributed by atoms with Gasteiger partial charge in [-0.25, -0.2) is 8.42 Å². The molecule has 1 aliphatic rings. The number of hydrogen-bond acceptors (Lipinski definition) is 4. The van der Waals surface area contributed by atoms with E-state index in [1.807, 2.05) is 6.92 Å². The number of aliphatic hydroxyl groups is 1. The second kappa shape index (κ2) is 6.17. The Morgan fingerprint density at radius 3 is 2.45 bits per heavy atom. The molecule has 10 heteroatoms. The molecule has 0 radical (unpaired) electrons. The van der Waals surface area contributed by atoms with Gasteiger partial charge >= 0.3 is 6.18 Å². The van der Waals surface area contributed by atoms with E-state index in [0.717, 1.165) is 4.31 Å². The molecule has 0 aromatic carbocycles. The van der Waals surface area contributed by atoms with E-state index in [2.05, 4.69) is 5.10 Å². The third-order valence-electron chi connectivity index (χ3n) is 3.85. The van der Waals surface area contributed by atoms with Crippen LogP contribution < -0.4 is 0 Å². The van der Waals surface area contributed by atoms with Crippen LogP contribution in [0.3, 0.4) is 0 Å².